The summed E-state index contributed by atoms with van der Waals surface area (Å²) in [5.41, 5.74) is 5.82. The SMILES string of the molecule is NCC(=O)NC(=O)Oc1ccc(C(=O)NS(=O)(=O)c2ccc(CCNC(=O)CC3CCCCC3)cc2)cn1. The van der Waals surface area contributed by atoms with Gasteiger partial charge in [0.2, 0.25) is 17.7 Å². The van der Waals surface area contributed by atoms with Gasteiger partial charge in [0, 0.05) is 25.2 Å². The van der Waals surface area contributed by atoms with Gasteiger partial charge in [0.05, 0.1) is 17.0 Å². The molecule has 0 radical (unpaired) electrons. The zero-order valence-electron chi connectivity index (χ0n) is 20.8. The third kappa shape index (κ3) is 8.92. The summed E-state index contributed by atoms with van der Waals surface area (Å²) in [6.45, 7) is 0.0451. The maximum absolute atomic E-state index is 12.6. The number of amides is 4. The van der Waals surface area contributed by atoms with Crippen LogP contribution in [0, 0.1) is 5.92 Å². The summed E-state index contributed by atoms with van der Waals surface area (Å²) in [6, 6.07) is 8.38. The number of rotatable bonds is 10. The Morgan fingerprint density at radius 3 is 2.32 bits per heavy atom. The fraction of sp³-hybridized carbons (Fsp3) is 0.400. The van der Waals surface area contributed by atoms with Crippen LogP contribution >= 0.6 is 0 Å². The molecule has 5 N–H and O–H groups in total. The molecule has 0 spiro atoms. The number of nitrogens with two attached hydrogens (primary N) is 1. The Labute approximate surface area is 220 Å². The van der Waals surface area contributed by atoms with Crippen molar-refractivity contribution >= 4 is 33.8 Å². The van der Waals surface area contributed by atoms with Crippen LogP contribution in [-0.4, -0.2) is 50.3 Å². The molecule has 12 nitrogen and oxygen atoms in total. The maximum atomic E-state index is 12.6. The standard InChI is InChI=1S/C25H31N5O7S/c26-15-22(32)29-25(34)37-23-11-8-19(16-28-23)24(33)30-38(35,36)20-9-6-17(7-10-20)12-13-27-21(31)14-18-4-2-1-3-5-18/h6-11,16,18H,1-5,12-15,26H2,(H,27,31)(H,30,33)(H,29,32,34). The minimum absolute atomic E-state index is 0.0397. The first-order valence-electron chi connectivity index (χ1n) is 12.3. The number of imide groups is 1. The van der Waals surface area contributed by atoms with Crippen LogP contribution in [0.15, 0.2) is 47.5 Å². The molecule has 4 amide bonds. The largest absolute Gasteiger partial charge is 0.420 e. The molecular formula is C25H31N5O7S. The Morgan fingerprint density at radius 2 is 1.68 bits per heavy atom. The van der Waals surface area contributed by atoms with Crippen LogP contribution in [0.1, 0.15) is 54.4 Å². The minimum atomic E-state index is -4.16. The van der Waals surface area contributed by atoms with Crippen LogP contribution in [-0.2, 0) is 26.0 Å². The Bertz CT molecular complexity index is 1240. The molecule has 2 aromatic rings. The fourth-order valence-corrected chi connectivity index (χ4v) is 4.98. The first-order valence-corrected chi connectivity index (χ1v) is 13.7. The summed E-state index contributed by atoms with van der Waals surface area (Å²) in [7, 11) is -4.16. The summed E-state index contributed by atoms with van der Waals surface area (Å²) < 4.78 is 32.0. The second-order valence-electron chi connectivity index (χ2n) is 8.91. The molecule has 0 aliphatic heterocycles. The molecule has 204 valence electrons. The van der Waals surface area contributed by atoms with Crippen molar-refractivity contribution in [2.45, 2.75) is 49.8 Å². The number of nitrogens with one attached hydrogen (secondary N) is 3. The molecule has 38 heavy (non-hydrogen) atoms. The van der Waals surface area contributed by atoms with E-state index in [1.165, 1.54) is 37.5 Å². The monoisotopic (exact) mass is 545 g/mol. The number of pyridine rings is 1. The van der Waals surface area contributed by atoms with Crippen LogP contribution in [0.4, 0.5) is 4.79 Å². The van der Waals surface area contributed by atoms with Crippen molar-refractivity contribution in [2.24, 2.45) is 11.7 Å². The van der Waals surface area contributed by atoms with Gasteiger partial charge in [0.15, 0.2) is 0 Å². The quantitative estimate of drug-likeness (QED) is 0.342. The molecule has 1 aliphatic rings. The molecule has 1 heterocycles. The highest BCUT2D eigenvalue weighted by atomic mass is 32.2. The third-order valence-electron chi connectivity index (χ3n) is 6.02. The number of sulfonamides is 1. The summed E-state index contributed by atoms with van der Waals surface area (Å²) >= 11 is 0. The zero-order valence-corrected chi connectivity index (χ0v) is 21.6. The molecule has 3 rings (SSSR count). The minimum Gasteiger partial charge on any atom is -0.391 e. The summed E-state index contributed by atoms with van der Waals surface area (Å²) in [5.74, 6) is -1.40. The van der Waals surface area contributed by atoms with Crippen molar-refractivity contribution in [3.63, 3.8) is 0 Å². The molecule has 0 atom stereocenters. The number of carbonyl (C=O) groups is 4. The highest BCUT2D eigenvalue weighted by Crippen LogP contribution is 2.26. The molecule has 1 saturated carbocycles. The zero-order chi connectivity index (χ0) is 27.5. The Morgan fingerprint density at radius 1 is 0.974 bits per heavy atom. The van der Waals surface area contributed by atoms with Crippen molar-refractivity contribution < 1.29 is 32.3 Å². The summed E-state index contributed by atoms with van der Waals surface area (Å²) in [5, 5.41) is 4.78. The van der Waals surface area contributed by atoms with E-state index in [2.05, 4.69) is 10.3 Å². The van der Waals surface area contributed by atoms with E-state index in [-0.39, 0.29) is 22.2 Å². The van der Waals surface area contributed by atoms with Gasteiger partial charge in [0.25, 0.3) is 15.9 Å². The van der Waals surface area contributed by atoms with Crippen LogP contribution in [0.25, 0.3) is 0 Å². The van der Waals surface area contributed by atoms with Crippen LogP contribution in [0.3, 0.4) is 0 Å². The van der Waals surface area contributed by atoms with Crippen molar-refractivity contribution in [1.82, 2.24) is 20.3 Å². The Balaban J connectivity index is 1.47. The van der Waals surface area contributed by atoms with Gasteiger partial charge in [-0.1, -0.05) is 31.4 Å². The van der Waals surface area contributed by atoms with Gasteiger partial charge in [-0.3, -0.25) is 19.7 Å². The van der Waals surface area contributed by atoms with Gasteiger partial charge in [-0.2, -0.15) is 0 Å². The first-order chi connectivity index (χ1) is 18.2. The molecule has 0 bridgehead atoms. The summed E-state index contributed by atoms with van der Waals surface area (Å²) in [6.07, 6.45) is 6.84. The molecular weight excluding hydrogens is 514 g/mol. The topological polar surface area (TPSA) is 187 Å². The molecule has 1 aromatic heterocycles. The lowest BCUT2D eigenvalue weighted by Crippen LogP contribution is -2.37. The van der Waals surface area contributed by atoms with E-state index in [0.29, 0.717) is 25.3 Å². The van der Waals surface area contributed by atoms with E-state index >= 15 is 0 Å². The van der Waals surface area contributed by atoms with Crippen LogP contribution < -0.4 is 25.8 Å². The molecule has 0 saturated heterocycles. The van der Waals surface area contributed by atoms with Crippen molar-refractivity contribution in [2.75, 3.05) is 13.1 Å². The van der Waals surface area contributed by atoms with E-state index < -0.39 is 34.5 Å². The number of aromatic nitrogens is 1. The second kappa shape index (κ2) is 13.6. The van der Waals surface area contributed by atoms with Crippen molar-refractivity contribution in [3.8, 4) is 5.88 Å². The lowest BCUT2D eigenvalue weighted by atomic mass is 9.87. The average Bonchev–Trinajstić information content (AvgIpc) is 2.89. The van der Waals surface area contributed by atoms with E-state index in [0.717, 1.165) is 30.7 Å². The van der Waals surface area contributed by atoms with Gasteiger partial charge in [-0.15, -0.1) is 0 Å². The average molecular weight is 546 g/mol. The van der Waals surface area contributed by atoms with E-state index in [4.69, 9.17) is 10.5 Å². The number of hydrogen-bond donors (Lipinski definition) is 4. The molecule has 1 aromatic carbocycles. The normalized spacial score (nSPS) is 13.8. The second-order valence-corrected chi connectivity index (χ2v) is 10.6. The number of benzene rings is 1. The predicted octanol–water partition coefficient (Wildman–Crippen LogP) is 1.40. The number of hydrogen-bond acceptors (Lipinski definition) is 9. The molecule has 1 fully saturated rings. The number of ether oxygens (including phenoxy) is 1. The fourth-order valence-electron chi connectivity index (χ4n) is 4.01. The number of carbonyl (C=O) groups excluding carboxylic acids is 4. The van der Waals surface area contributed by atoms with Gasteiger partial charge in [0.1, 0.15) is 0 Å². The summed E-state index contributed by atoms with van der Waals surface area (Å²) in [4.78, 5) is 50.8. The van der Waals surface area contributed by atoms with Crippen molar-refractivity contribution in [1.29, 1.82) is 0 Å². The van der Waals surface area contributed by atoms with Gasteiger partial charge in [-0.05, 0) is 48.9 Å². The number of nitrogens with zero attached hydrogens (tertiary/aromatic N) is 1. The highest BCUT2D eigenvalue weighted by molar-refractivity contribution is 7.90. The van der Waals surface area contributed by atoms with Gasteiger partial charge < -0.3 is 15.8 Å². The third-order valence-corrected chi connectivity index (χ3v) is 7.36. The lowest BCUT2D eigenvalue weighted by Gasteiger charge is -2.20. The van der Waals surface area contributed by atoms with Crippen LogP contribution in [0.5, 0.6) is 5.88 Å². The van der Waals surface area contributed by atoms with Gasteiger partial charge >= 0.3 is 6.09 Å². The lowest BCUT2D eigenvalue weighted by molar-refractivity contribution is -0.122. The van der Waals surface area contributed by atoms with Gasteiger partial charge in [-0.25, -0.2) is 22.9 Å². The Hall–Kier alpha value is -3.84. The van der Waals surface area contributed by atoms with Crippen LogP contribution in [0.2, 0.25) is 0 Å². The predicted molar refractivity (Wildman–Crippen MR) is 136 cm³/mol. The van der Waals surface area contributed by atoms with Crippen molar-refractivity contribution in [3.05, 3.63) is 53.7 Å². The highest BCUT2D eigenvalue weighted by Gasteiger charge is 2.20. The molecule has 0 unspecified atom stereocenters. The smallest absolute Gasteiger partial charge is 0.391 e. The Kier molecular flexibility index (Phi) is 10.3. The van der Waals surface area contributed by atoms with E-state index in [1.54, 1.807) is 12.1 Å². The van der Waals surface area contributed by atoms with E-state index in [9.17, 15) is 27.6 Å². The van der Waals surface area contributed by atoms with E-state index in [1.807, 2.05) is 10.0 Å². The molecule has 1 aliphatic carbocycles. The first kappa shape index (κ1) is 28.7. The molecule has 13 heteroatoms. The maximum Gasteiger partial charge on any atom is 0.420 e.